The van der Waals surface area contributed by atoms with Crippen LogP contribution in [0.4, 0.5) is 9.18 Å². The quantitative estimate of drug-likeness (QED) is 0.498. The number of carbonyl (C=O) groups excluding carboxylic acids is 1. The average molecular weight is 292 g/mol. The minimum Gasteiger partial charge on any atom is -0.358 e. The van der Waals surface area contributed by atoms with Crippen LogP contribution in [0.2, 0.25) is 0 Å². The van der Waals surface area contributed by atoms with Gasteiger partial charge >= 0.3 is 6.03 Å². The highest BCUT2D eigenvalue weighted by molar-refractivity contribution is 5.71. The number of halogens is 1. The number of primary amides is 1. The Bertz CT molecular complexity index is 565. The monoisotopic (exact) mass is 292 g/mol. The molecule has 1 unspecified atom stereocenters. The number of carbonyl (C=O) groups is 1. The number of rotatable bonds is 2. The molecule has 2 amide bonds. The minimum absolute atomic E-state index is 0.110. The molecule has 2 rings (SSSR count). The van der Waals surface area contributed by atoms with Crippen molar-refractivity contribution in [2.45, 2.75) is 38.0 Å². The molecule has 3 N–H and O–H groups in total. The smallest absolute Gasteiger partial charge is 0.339 e. The molecular formula is C15H17FN2O3. The van der Waals surface area contributed by atoms with Crippen LogP contribution in [0.15, 0.2) is 24.3 Å². The molecule has 0 saturated carbocycles. The van der Waals surface area contributed by atoms with Gasteiger partial charge in [-0.15, -0.1) is 0 Å². The van der Waals surface area contributed by atoms with Crippen LogP contribution in [0.25, 0.3) is 0 Å². The molecule has 1 saturated heterocycles. The van der Waals surface area contributed by atoms with Crippen LogP contribution in [0.5, 0.6) is 0 Å². The number of benzene rings is 1. The van der Waals surface area contributed by atoms with Crippen molar-refractivity contribution < 1.29 is 19.1 Å². The predicted octanol–water partition coefficient (Wildman–Crippen LogP) is 2.21. The Kier molecular flexibility index (Phi) is 4.78. The van der Waals surface area contributed by atoms with Crippen LogP contribution in [0.3, 0.4) is 0 Å². The van der Waals surface area contributed by atoms with E-state index in [-0.39, 0.29) is 18.0 Å². The zero-order valence-corrected chi connectivity index (χ0v) is 11.6. The highest BCUT2D eigenvalue weighted by Crippen LogP contribution is 2.32. The second-order valence-electron chi connectivity index (χ2n) is 4.89. The molecule has 1 aromatic rings. The maximum absolute atomic E-state index is 12.9. The van der Waals surface area contributed by atoms with Crippen molar-refractivity contribution >= 4 is 6.03 Å². The molecule has 0 radical (unpaired) electrons. The van der Waals surface area contributed by atoms with Crippen molar-refractivity contribution in [2.75, 3.05) is 0 Å². The molecule has 5 nitrogen and oxygen atoms in total. The first-order valence-corrected chi connectivity index (χ1v) is 6.67. The van der Waals surface area contributed by atoms with Gasteiger partial charge in [0, 0.05) is 0 Å². The van der Waals surface area contributed by atoms with Gasteiger partial charge in [-0.1, -0.05) is 24.0 Å². The lowest BCUT2D eigenvalue weighted by molar-refractivity contribution is -0.0537. The number of hydrogen-bond donors (Lipinski definition) is 2. The normalized spacial score (nSPS) is 22.2. The predicted molar refractivity (Wildman–Crippen MR) is 73.7 cm³/mol. The summed E-state index contributed by atoms with van der Waals surface area (Å²) >= 11 is 0. The van der Waals surface area contributed by atoms with Crippen LogP contribution in [-0.2, 0) is 4.74 Å². The zero-order valence-electron chi connectivity index (χ0n) is 11.6. The summed E-state index contributed by atoms with van der Waals surface area (Å²) in [5, 5.41) is 9.68. The van der Waals surface area contributed by atoms with Gasteiger partial charge in [0.05, 0.1) is 6.10 Å². The van der Waals surface area contributed by atoms with Gasteiger partial charge in [-0.3, -0.25) is 5.21 Å². The second-order valence-corrected chi connectivity index (χ2v) is 4.89. The van der Waals surface area contributed by atoms with E-state index < -0.39 is 12.1 Å². The Labute approximate surface area is 122 Å². The molecule has 1 aliphatic heterocycles. The minimum atomic E-state index is -0.951. The first-order valence-electron chi connectivity index (χ1n) is 6.67. The Hall–Kier alpha value is -2.10. The summed E-state index contributed by atoms with van der Waals surface area (Å²) in [7, 11) is 0. The fraction of sp³-hybridized carbons (Fsp3) is 0.400. The number of hydroxylamine groups is 2. The third kappa shape index (κ3) is 3.94. The first-order chi connectivity index (χ1) is 9.97. The lowest BCUT2D eigenvalue weighted by atomic mass is 10.1. The van der Waals surface area contributed by atoms with E-state index in [1.165, 1.54) is 12.1 Å². The molecule has 0 bridgehead atoms. The molecule has 0 spiro atoms. The molecule has 1 aromatic carbocycles. The van der Waals surface area contributed by atoms with Crippen molar-refractivity contribution in [1.82, 2.24) is 5.06 Å². The molecule has 0 aliphatic carbocycles. The highest BCUT2D eigenvalue weighted by Gasteiger charge is 2.25. The van der Waals surface area contributed by atoms with Crippen LogP contribution >= 0.6 is 0 Å². The van der Waals surface area contributed by atoms with Crippen molar-refractivity contribution in [3.8, 4) is 11.8 Å². The number of amides is 2. The highest BCUT2D eigenvalue weighted by atomic mass is 19.1. The van der Waals surface area contributed by atoms with Gasteiger partial charge < -0.3 is 10.5 Å². The molecular weight excluding hydrogens is 275 g/mol. The summed E-state index contributed by atoms with van der Waals surface area (Å²) in [4.78, 5) is 10.8. The third-order valence-electron chi connectivity index (χ3n) is 3.31. The first kappa shape index (κ1) is 15.3. The van der Waals surface area contributed by atoms with Gasteiger partial charge in [0.2, 0.25) is 0 Å². The van der Waals surface area contributed by atoms with Crippen LogP contribution in [0.1, 0.15) is 31.4 Å². The second kappa shape index (κ2) is 6.57. The van der Waals surface area contributed by atoms with E-state index in [0.29, 0.717) is 5.06 Å². The lowest BCUT2D eigenvalue weighted by Gasteiger charge is -2.15. The number of hydrogen-bond acceptors (Lipinski definition) is 3. The number of ether oxygens (including phenoxy) is 1. The Morgan fingerprint density at radius 1 is 1.48 bits per heavy atom. The molecule has 0 aromatic heterocycles. The van der Waals surface area contributed by atoms with Crippen molar-refractivity contribution in [2.24, 2.45) is 5.73 Å². The summed E-state index contributed by atoms with van der Waals surface area (Å²) in [5.74, 6) is 5.32. The van der Waals surface area contributed by atoms with Gasteiger partial charge in [0.15, 0.2) is 0 Å². The van der Waals surface area contributed by atoms with Gasteiger partial charge in [-0.25, -0.2) is 9.18 Å². The summed E-state index contributed by atoms with van der Waals surface area (Å²) < 4.78 is 18.6. The standard InChI is InChI=1S/C15H17FN2O3/c1-10(18(20)15(17)19)2-7-13-8-9-14(21-13)11-3-5-12(16)6-4-11/h3-6,10,13-14,20H,8-9H2,1H3,(H2,17,19)/t10-,13?,14-/m0/s1. The van der Waals surface area contributed by atoms with E-state index in [1.807, 2.05) is 0 Å². The van der Waals surface area contributed by atoms with E-state index in [1.54, 1.807) is 19.1 Å². The lowest BCUT2D eigenvalue weighted by Crippen LogP contribution is -2.38. The fourth-order valence-corrected chi connectivity index (χ4v) is 2.13. The topological polar surface area (TPSA) is 75.8 Å². The van der Waals surface area contributed by atoms with Crippen LogP contribution in [-0.4, -0.2) is 28.4 Å². The maximum Gasteiger partial charge on any atom is 0.339 e. The Morgan fingerprint density at radius 3 is 2.76 bits per heavy atom. The van der Waals surface area contributed by atoms with E-state index in [4.69, 9.17) is 10.5 Å². The van der Waals surface area contributed by atoms with Crippen molar-refractivity contribution in [3.63, 3.8) is 0 Å². The molecule has 1 aliphatic rings. The average Bonchev–Trinajstić information content (AvgIpc) is 2.93. The number of nitrogens with zero attached hydrogens (tertiary/aromatic N) is 1. The van der Waals surface area contributed by atoms with E-state index in [2.05, 4.69) is 11.8 Å². The van der Waals surface area contributed by atoms with Gasteiger partial charge in [0.1, 0.15) is 18.0 Å². The van der Waals surface area contributed by atoms with E-state index >= 15 is 0 Å². The van der Waals surface area contributed by atoms with Gasteiger partial charge in [-0.2, -0.15) is 5.06 Å². The molecule has 112 valence electrons. The number of nitrogens with two attached hydrogens (primary N) is 1. The summed E-state index contributed by atoms with van der Waals surface area (Å²) in [6, 6.07) is 4.54. The molecule has 1 heterocycles. The summed E-state index contributed by atoms with van der Waals surface area (Å²) in [6.07, 6.45) is 1.15. The van der Waals surface area contributed by atoms with Crippen molar-refractivity contribution in [3.05, 3.63) is 35.6 Å². The van der Waals surface area contributed by atoms with Gasteiger partial charge in [0.25, 0.3) is 0 Å². The Balaban J connectivity index is 1.94. The largest absolute Gasteiger partial charge is 0.358 e. The maximum atomic E-state index is 12.9. The number of urea groups is 1. The van der Waals surface area contributed by atoms with Gasteiger partial charge in [-0.05, 0) is 37.5 Å². The molecule has 21 heavy (non-hydrogen) atoms. The van der Waals surface area contributed by atoms with Crippen LogP contribution in [0, 0.1) is 17.7 Å². The SMILES string of the molecule is C[C@@H](C#CC1CC[C@@H](c2ccc(F)cc2)O1)N(O)C(N)=O. The van der Waals surface area contributed by atoms with E-state index in [9.17, 15) is 14.4 Å². The summed E-state index contributed by atoms with van der Waals surface area (Å²) in [6.45, 7) is 1.56. The molecule has 1 fully saturated rings. The van der Waals surface area contributed by atoms with E-state index in [0.717, 1.165) is 18.4 Å². The molecule has 6 heteroatoms. The fourth-order valence-electron chi connectivity index (χ4n) is 2.13. The van der Waals surface area contributed by atoms with Crippen molar-refractivity contribution in [1.29, 1.82) is 0 Å². The zero-order chi connectivity index (χ0) is 15.4. The third-order valence-corrected chi connectivity index (χ3v) is 3.31. The molecule has 3 atom stereocenters. The summed E-state index contributed by atoms with van der Waals surface area (Å²) in [5.41, 5.74) is 5.85. The van der Waals surface area contributed by atoms with Crippen LogP contribution < -0.4 is 5.73 Å². The Morgan fingerprint density at radius 2 is 2.14 bits per heavy atom.